The molecular formula is C17H18FNO5. The number of benzene rings is 2. The lowest BCUT2D eigenvalue weighted by Gasteiger charge is -2.09. The van der Waals surface area contributed by atoms with Gasteiger partial charge in [0.2, 0.25) is 0 Å². The highest BCUT2D eigenvalue weighted by atomic mass is 19.1. The minimum Gasteiger partial charge on any atom is -0.496 e. The summed E-state index contributed by atoms with van der Waals surface area (Å²) in [5.41, 5.74) is 2.17. The third-order valence-electron chi connectivity index (χ3n) is 2.93. The van der Waals surface area contributed by atoms with Crippen LogP contribution < -0.4 is 10.1 Å². The molecule has 3 N–H and O–H groups in total. The Labute approximate surface area is 138 Å². The summed E-state index contributed by atoms with van der Waals surface area (Å²) in [4.78, 5) is 18.2. The molecule has 0 aliphatic rings. The van der Waals surface area contributed by atoms with Gasteiger partial charge in [-0.05, 0) is 23.8 Å². The van der Waals surface area contributed by atoms with E-state index in [9.17, 15) is 4.39 Å². The van der Waals surface area contributed by atoms with E-state index < -0.39 is 11.9 Å². The van der Waals surface area contributed by atoms with Gasteiger partial charge in [0, 0.05) is 18.7 Å². The second-order valence-corrected chi connectivity index (χ2v) is 4.65. The van der Waals surface area contributed by atoms with Crippen LogP contribution in [0.1, 0.15) is 11.1 Å². The first-order chi connectivity index (χ1) is 11.4. The summed E-state index contributed by atoms with van der Waals surface area (Å²) < 4.78 is 18.0. The molecule has 0 saturated carbocycles. The fraction of sp³-hybridized carbons (Fsp3) is 0.176. The minimum atomic E-state index is -1.82. The third kappa shape index (κ3) is 6.89. The van der Waals surface area contributed by atoms with Gasteiger partial charge in [0.05, 0.1) is 7.11 Å². The minimum absolute atomic E-state index is 0.205. The van der Waals surface area contributed by atoms with Gasteiger partial charge in [-0.1, -0.05) is 30.3 Å². The Kier molecular flexibility index (Phi) is 7.93. The summed E-state index contributed by atoms with van der Waals surface area (Å²) in [5.74, 6) is -2.97. The van der Waals surface area contributed by atoms with Crippen LogP contribution >= 0.6 is 0 Å². The van der Waals surface area contributed by atoms with Gasteiger partial charge in [0.1, 0.15) is 11.6 Å². The Morgan fingerprint density at radius 3 is 2.12 bits per heavy atom. The van der Waals surface area contributed by atoms with Crippen molar-refractivity contribution in [3.8, 4) is 5.75 Å². The van der Waals surface area contributed by atoms with Crippen LogP contribution in [0, 0.1) is 5.82 Å². The quantitative estimate of drug-likeness (QED) is 0.726. The molecule has 0 aliphatic heterocycles. The van der Waals surface area contributed by atoms with Gasteiger partial charge in [-0.3, -0.25) is 0 Å². The van der Waals surface area contributed by atoms with Crippen LogP contribution in [0.25, 0.3) is 0 Å². The van der Waals surface area contributed by atoms with Crippen LogP contribution in [-0.2, 0) is 22.7 Å². The topological polar surface area (TPSA) is 95.9 Å². The zero-order valence-corrected chi connectivity index (χ0v) is 13.0. The van der Waals surface area contributed by atoms with E-state index in [1.165, 1.54) is 12.1 Å². The average Bonchev–Trinajstić information content (AvgIpc) is 2.57. The Morgan fingerprint density at radius 1 is 1.00 bits per heavy atom. The molecule has 0 heterocycles. The van der Waals surface area contributed by atoms with E-state index in [2.05, 4.69) is 5.32 Å². The van der Waals surface area contributed by atoms with Crippen molar-refractivity contribution in [1.82, 2.24) is 5.32 Å². The highest BCUT2D eigenvalue weighted by molar-refractivity contribution is 6.27. The standard InChI is InChI=1S/C15H16FNO.C2H2O4/c1-18-15-5-3-2-4-13(15)11-17-10-12-6-8-14(16)9-7-12;3-1(4)2(5)6/h2-9,17H,10-11H2,1H3;(H,3,4)(H,5,6). The molecule has 0 aliphatic carbocycles. The molecule has 0 bridgehead atoms. The molecular weight excluding hydrogens is 317 g/mol. The van der Waals surface area contributed by atoms with Gasteiger partial charge in [-0.25, -0.2) is 14.0 Å². The van der Waals surface area contributed by atoms with E-state index in [1.807, 2.05) is 24.3 Å². The first-order valence-corrected chi connectivity index (χ1v) is 6.97. The lowest BCUT2D eigenvalue weighted by atomic mass is 10.2. The Hall–Kier alpha value is -2.93. The van der Waals surface area contributed by atoms with Crippen LogP contribution in [0.3, 0.4) is 0 Å². The number of rotatable bonds is 5. The molecule has 0 fully saturated rings. The summed E-state index contributed by atoms with van der Waals surface area (Å²) >= 11 is 0. The van der Waals surface area contributed by atoms with Crippen molar-refractivity contribution in [2.75, 3.05) is 7.11 Å². The molecule has 0 spiro atoms. The Morgan fingerprint density at radius 2 is 1.58 bits per heavy atom. The molecule has 0 unspecified atom stereocenters. The molecule has 0 saturated heterocycles. The first-order valence-electron chi connectivity index (χ1n) is 6.97. The van der Waals surface area contributed by atoms with Crippen LogP contribution in [0.15, 0.2) is 48.5 Å². The molecule has 6 nitrogen and oxygen atoms in total. The number of aliphatic carboxylic acids is 2. The number of hydrogen-bond acceptors (Lipinski definition) is 4. The van der Waals surface area contributed by atoms with Crippen LogP contribution in [0.4, 0.5) is 4.39 Å². The number of hydrogen-bond donors (Lipinski definition) is 3. The monoisotopic (exact) mass is 335 g/mol. The molecule has 2 aromatic carbocycles. The predicted molar refractivity (Wildman–Crippen MR) is 85.2 cm³/mol. The van der Waals surface area contributed by atoms with E-state index in [0.717, 1.165) is 23.4 Å². The van der Waals surface area contributed by atoms with Gasteiger partial charge in [0.25, 0.3) is 0 Å². The third-order valence-corrected chi connectivity index (χ3v) is 2.93. The van der Waals surface area contributed by atoms with Crippen molar-refractivity contribution < 1.29 is 28.9 Å². The largest absolute Gasteiger partial charge is 0.496 e. The number of carbonyl (C=O) groups is 2. The maximum atomic E-state index is 12.7. The maximum Gasteiger partial charge on any atom is 0.414 e. The van der Waals surface area contributed by atoms with Gasteiger partial charge in [-0.2, -0.15) is 0 Å². The SMILES string of the molecule is COc1ccccc1CNCc1ccc(F)cc1.O=C(O)C(=O)O. The van der Waals surface area contributed by atoms with Gasteiger partial charge in [0.15, 0.2) is 0 Å². The number of nitrogens with one attached hydrogen (secondary N) is 1. The number of methoxy groups -OCH3 is 1. The fourth-order valence-corrected chi connectivity index (χ4v) is 1.79. The zero-order valence-electron chi connectivity index (χ0n) is 13.0. The predicted octanol–water partition coefficient (Wildman–Crippen LogP) is 2.28. The number of carboxylic acid groups (broad SMARTS) is 2. The van der Waals surface area contributed by atoms with Crippen LogP contribution in [0.2, 0.25) is 0 Å². The first kappa shape index (κ1) is 19.1. The summed E-state index contributed by atoms with van der Waals surface area (Å²) in [6.07, 6.45) is 0. The molecule has 2 aromatic rings. The van der Waals surface area contributed by atoms with Crippen molar-refractivity contribution in [2.24, 2.45) is 0 Å². The van der Waals surface area contributed by atoms with Crippen LogP contribution in [-0.4, -0.2) is 29.3 Å². The van der Waals surface area contributed by atoms with Gasteiger partial charge in [-0.15, -0.1) is 0 Å². The highest BCUT2D eigenvalue weighted by Gasteiger charge is 2.04. The summed E-state index contributed by atoms with van der Waals surface area (Å²) in [6, 6.07) is 14.4. The second-order valence-electron chi connectivity index (χ2n) is 4.65. The highest BCUT2D eigenvalue weighted by Crippen LogP contribution is 2.16. The Balaban J connectivity index is 0.000000413. The molecule has 0 aromatic heterocycles. The number of ether oxygens (including phenoxy) is 1. The Bertz CT molecular complexity index is 661. The zero-order chi connectivity index (χ0) is 17.9. The molecule has 0 amide bonds. The average molecular weight is 335 g/mol. The number of carboxylic acids is 2. The molecule has 128 valence electrons. The van der Waals surface area contributed by atoms with Gasteiger partial charge >= 0.3 is 11.9 Å². The molecule has 2 rings (SSSR count). The normalized spacial score (nSPS) is 9.58. The maximum absolute atomic E-state index is 12.7. The lowest BCUT2D eigenvalue weighted by molar-refractivity contribution is -0.159. The van der Waals surface area contributed by atoms with Crippen molar-refractivity contribution in [1.29, 1.82) is 0 Å². The number of halogens is 1. The summed E-state index contributed by atoms with van der Waals surface area (Å²) in [5, 5.41) is 18.1. The smallest absolute Gasteiger partial charge is 0.414 e. The van der Waals surface area contributed by atoms with Crippen LogP contribution in [0.5, 0.6) is 5.75 Å². The van der Waals surface area contributed by atoms with Crippen molar-refractivity contribution in [3.63, 3.8) is 0 Å². The van der Waals surface area contributed by atoms with E-state index >= 15 is 0 Å². The van der Waals surface area contributed by atoms with Crippen molar-refractivity contribution in [3.05, 3.63) is 65.5 Å². The lowest BCUT2D eigenvalue weighted by Crippen LogP contribution is -2.13. The van der Waals surface area contributed by atoms with Crippen molar-refractivity contribution in [2.45, 2.75) is 13.1 Å². The second kappa shape index (κ2) is 9.96. The summed E-state index contributed by atoms with van der Waals surface area (Å²) in [7, 11) is 1.67. The van der Waals surface area contributed by atoms with E-state index in [-0.39, 0.29) is 5.82 Å². The molecule has 0 atom stereocenters. The molecule has 0 radical (unpaired) electrons. The fourth-order valence-electron chi connectivity index (χ4n) is 1.79. The summed E-state index contributed by atoms with van der Waals surface area (Å²) in [6.45, 7) is 1.43. The molecule has 24 heavy (non-hydrogen) atoms. The van der Waals surface area contributed by atoms with E-state index in [0.29, 0.717) is 6.54 Å². The van der Waals surface area contributed by atoms with Gasteiger partial charge < -0.3 is 20.3 Å². The van der Waals surface area contributed by atoms with E-state index in [1.54, 1.807) is 19.2 Å². The molecule has 7 heteroatoms. The van der Waals surface area contributed by atoms with E-state index in [4.69, 9.17) is 24.5 Å². The van der Waals surface area contributed by atoms with Crippen molar-refractivity contribution >= 4 is 11.9 Å². The number of para-hydroxylation sites is 1.